The van der Waals surface area contributed by atoms with Crippen LogP contribution in [0.5, 0.6) is 0 Å². The van der Waals surface area contributed by atoms with Crippen LogP contribution >= 0.6 is 8.35 Å². The van der Waals surface area contributed by atoms with Gasteiger partial charge in [-0.25, -0.2) is 0 Å². The zero-order chi connectivity index (χ0) is 15.1. The maximum Gasteiger partial charge on any atom is -1.00 e. The number of halogens is 2. The minimum Gasteiger partial charge on any atom is -1.00 e. The van der Waals surface area contributed by atoms with E-state index in [4.69, 9.17) is 0 Å². The monoisotopic (exact) mass is 541 g/mol. The number of nitrogens with zero attached hydrogens (tertiary/aromatic N) is 1. The second-order valence-electron chi connectivity index (χ2n) is 5.92. The predicted molar refractivity (Wildman–Crippen MR) is 91.4 cm³/mol. The van der Waals surface area contributed by atoms with E-state index in [1.807, 2.05) is 0 Å². The van der Waals surface area contributed by atoms with E-state index in [0.29, 0.717) is 3.67 Å². The third-order valence-corrected chi connectivity index (χ3v) is 12.1. The molecular formula is C19H18Cl2HfNP. The van der Waals surface area contributed by atoms with Crippen LogP contribution in [0.1, 0.15) is 35.1 Å². The van der Waals surface area contributed by atoms with Crippen LogP contribution in [0, 0.1) is 0 Å². The fraction of sp³-hybridized carbons (Fsp3) is 0.211. The number of rotatable bonds is 3. The summed E-state index contributed by atoms with van der Waals surface area (Å²) >= 11 is -0.932. The molecule has 2 aliphatic rings. The summed E-state index contributed by atoms with van der Waals surface area (Å²) in [5.74, 6) is 2.22. The van der Waals surface area contributed by atoms with Crippen molar-refractivity contribution in [1.29, 1.82) is 0 Å². The Bertz CT molecular complexity index is 822. The first-order chi connectivity index (χ1) is 10.7. The molecule has 1 atom stereocenters. The van der Waals surface area contributed by atoms with E-state index in [0.717, 1.165) is 0 Å². The molecular weight excluding hydrogens is 523 g/mol. The third-order valence-electron chi connectivity index (χ3n) is 4.65. The number of aromatic nitrogens is 1. The Kier molecular flexibility index (Phi) is 6.91. The molecule has 24 heavy (non-hydrogen) atoms. The Morgan fingerprint density at radius 3 is 2.58 bits per heavy atom. The Hall–Kier alpha value is -0.400. The summed E-state index contributed by atoms with van der Waals surface area (Å²) in [5.41, 5.74) is 7.63. The van der Waals surface area contributed by atoms with Gasteiger partial charge >= 0.3 is 145 Å². The van der Waals surface area contributed by atoms with Crippen molar-refractivity contribution >= 4 is 20.1 Å². The van der Waals surface area contributed by atoms with Crippen molar-refractivity contribution in [2.24, 2.45) is 0 Å². The van der Waals surface area contributed by atoms with Crippen LogP contribution in [-0.4, -0.2) is 4.33 Å². The van der Waals surface area contributed by atoms with Gasteiger partial charge in [-0.15, -0.1) is 0 Å². The minimum absolute atomic E-state index is 0. The second-order valence-corrected chi connectivity index (χ2v) is 12.2. The van der Waals surface area contributed by atoms with Crippen LogP contribution in [-0.2, 0) is 22.9 Å². The molecule has 0 fully saturated rings. The van der Waals surface area contributed by atoms with Crippen LogP contribution < -0.4 is 24.8 Å². The molecule has 0 saturated carbocycles. The average molecular weight is 541 g/mol. The van der Waals surface area contributed by atoms with Crippen LogP contribution in [0.3, 0.4) is 0 Å². The summed E-state index contributed by atoms with van der Waals surface area (Å²) in [7, 11) is 1.29. The predicted octanol–water partition coefficient (Wildman–Crippen LogP) is -0.164. The molecule has 4 rings (SSSR count). The standard InChI is InChI=1S/C12H9NP.C7H9.2ClH.Hf/c1-2-5-11-9-12(8-10(11)4-1)13-6-3-7-14-13;1-6-4-3-5-7(6)2;;;/h1-9H;4H,3H2,1-2H3;2*1H;/q;;;;+2/p-2. The van der Waals surface area contributed by atoms with Gasteiger partial charge in [0.1, 0.15) is 0 Å². The first-order valence-electron chi connectivity index (χ1n) is 7.68. The number of hydrogen-bond acceptors (Lipinski definition) is 0. The van der Waals surface area contributed by atoms with Gasteiger partial charge in [0.15, 0.2) is 0 Å². The zero-order valence-corrected chi connectivity index (χ0v) is 19.6. The van der Waals surface area contributed by atoms with E-state index in [1.54, 1.807) is 14.5 Å². The van der Waals surface area contributed by atoms with Crippen LogP contribution in [0.25, 0.3) is 11.8 Å². The topological polar surface area (TPSA) is 4.93 Å². The van der Waals surface area contributed by atoms with Crippen molar-refractivity contribution in [2.45, 2.75) is 23.9 Å². The smallest absolute Gasteiger partial charge is 1.00 e. The SMILES string of the molecule is CC1=CC[C]([Hf+2][CH]2C(n3cccp3)=Cc3ccccc32)=C1C.[Cl-].[Cl-]. The molecule has 2 aromatic rings. The van der Waals surface area contributed by atoms with E-state index >= 15 is 0 Å². The number of allylic oxidation sites excluding steroid dienone is 5. The van der Waals surface area contributed by atoms with Crippen LogP contribution in [0.2, 0.25) is 0 Å². The van der Waals surface area contributed by atoms with E-state index in [2.05, 4.69) is 72.7 Å². The average Bonchev–Trinajstić information content (AvgIpc) is 3.23. The molecule has 0 bridgehead atoms. The van der Waals surface area contributed by atoms with Crippen molar-refractivity contribution in [3.63, 3.8) is 0 Å². The molecule has 5 heteroatoms. The number of benzene rings is 1. The molecule has 122 valence electrons. The summed E-state index contributed by atoms with van der Waals surface area (Å²) in [6.45, 7) is 4.59. The summed E-state index contributed by atoms with van der Waals surface area (Å²) < 4.78 is 4.90. The maximum atomic E-state index is 2.43. The van der Waals surface area contributed by atoms with Gasteiger partial charge in [-0.05, 0) is 0 Å². The molecule has 0 aliphatic heterocycles. The first-order valence-corrected chi connectivity index (χ1v) is 12.5. The molecule has 1 unspecified atom stereocenters. The molecule has 0 saturated heterocycles. The number of hydrogen-bond donors (Lipinski definition) is 0. The quantitative estimate of drug-likeness (QED) is 0.477. The van der Waals surface area contributed by atoms with Crippen molar-refractivity contribution < 1.29 is 47.7 Å². The molecule has 1 heterocycles. The van der Waals surface area contributed by atoms with Crippen LogP contribution in [0.4, 0.5) is 0 Å². The maximum absolute atomic E-state index is 2.43. The van der Waals surface area contributed by atoms with Crippen molar-refractivity contribution in [3.05, 3.63) is 74.0 Å². The van der Waals surface area contributed by atoms with Crippen LogP contribution in [0.15, 0.2) is 62.9 Å². The second kappa shape index (κ2) is 8.32. The Morgan fingerprint density at radius 2 is 1.92 bits per heavy atom. The Labute approximate surface area is 169 Å². The van der Waals surface area contributed by atoms with Crippen molar-refractivity contribution in [1.82, 2.24) is 4.33 Å². The fourth-order valence-corrected chi connectivity index (χ4v) is 10.7. The molecule has 0 amide bonds. The first kappa shape index (κ1) is 19.9. The summed E-state index contributed by atoms with van der Waals surface area (Å²) in [6.07, 6.45) is 8.29. The van der Waals surface area contributed by atoms with Gasteiger partial charge in [0, 0.05) is 0 Å². The molecule has 0 spiro atoms. The van der Waals surface area contributed by atoms with Crippen molar-refractivity contribution in [2.75, 3.05) is 0 Å². The molecule has 1 nitrogen and oxygen atoms in total. The molecule has 0 radical (unpaired) electrons. The van der Waals surface area contributed by atoms with Gasteiger partial charge in [0.2, 0.25) is 0 Å². The van der Waals surface area contributed by atoms with E-state index < -0.39 is 22.9 Å². The largest absolute Gasteiger partial charge is 1.00 e. The van der Waals surface area contributed by atoms with Gasteiger partial charge in [-0.3, -0.25) is 0 Å². The summed E-state index contributed by atoms with van der Waals surface area (Å²) in [6, 6.07) is 11.2. The fourth-order valence-electron chi connectivity index (χ4n) is 3.22. The van der Waals surface area contributed by atoms with E-state index in [-0.39, 0.29) is 24.8 Å². The van der Waals surface area contributed by atoms with Gasteiger partial charge in [0.05, 0.1) is 0 Å². The Morgan fingerprint density at radius 1 is 1.12 bits per heavy atom. The molecule has 2 aliphatic carbocycles. The van der Waals surface area contributed by atoms with Gasteiger partial charge in [-0.2, -0.15) is 0 Å². The van der Waals surface area contributed by atoms with Gasteiger partial charge in [0.25, 0.3) is 0 Å². The summed E-state index contributed by atoms with van der Waals surface area (Å²) in [5, 5.41) is 0. The zero-order valence-electron chi connectivity index (χ0n) is 13.6. The molecule has 1 aromatic heterocycles. The van der Waals surface area contributed by atoms with E-state index in [9.17, 15) is 0 Å². The normalized spacial score (nSPS) is 18.5. The molecule has 1 aromatic carbocycles. The summed E-state index contributed by atoms with van der Waals surface area (Å²) in [4.78, 5) is 0. The van der Waals surface area contributed by atoms with Gasteiger partial charge < -0.3 is 24.8 Å². The van der Waals surface area contributed by atoms with E-state index in [1.165, 1.54) is 31.6 Å². The third kappa shape index (κ3) is 3.58. The van der Waals surface area contributed by atoms with Crippen molar-refractivity contribution in [3.8, 4) is 0 Å². The molecule has 0 N–H and O–H groups in total. The number of fused-ring (bicyclic) bond motifs is 1. The Balaban J connectivity index is 0.00000104. The minimum atomic E-state index is -0.932. The van der Waals surface area contributed by atoms with Gasteiger partial charge in [-0.1, -0.05) is 0 Å².